The SMILES string of the molecule is CCCn1nc(C)c(N)c1Oc1ccc(C)nc1. The van der Waals surface area contributed by atoms with Gasteiger partial charge < -0.3 is 10.5 Å². The van der Waals surface area contributed by atoms with Crippen LogP contribution in [-0.2, 0) is 6.54 Å². The van der Waals surface area contributed by atoms with Crippen LogP contribution in [0.4, 0.5) is 5.69 Å². The molecule has 2 aromatic rings. The molecule has 2 aromatic heterocycles. The third kappa shape index (κ3) is 2.45. The Hall–Kier alpha value is -2.04. The Morgan fingerprint density at radius 1 is 1.33 bits per heavy atom. The van der Waals surface area contributed by atoms with E-state index in [9.17, 15) is 0 Å². The Labute approximate surface area is 107 Å². The van der Waals surface area contributed by atoms with Gasteiger partial charge in [0.15, 0.2) is 0 Å². The van der Waals surface area contributed by atoms with E-state index in [-0.39, 0.29) is 0 Å². The zero-order valence-electron chi connectivity index (χ0n) is 11.0. The Morgan fingerprint density at radius 3 is 2.72 bits per heavy atom. The molecule has 0 saturated heterocycles. The molecule has 96 valence electrons. The number of nitrogens with zero attached hydrogens (tertiary/aromatic N) is 3. The molecule has 0 unspecified atom stereocenters. The van der Waals surface area contributed by atoms with Crippen LogP contribution < -0.4 is 10.5 Å². The number of aromatic nitrogens is 3. The molecule has 2 heterocycles. The fraction of sp³-hybridized carbons (Fsp3) is 0.385. The first kappa shape index (κ1) is 12.4. The van der Waals surface area contributed by atoms with Crippen molar-refractivity contribution in [2.24, 2.45) is 0 Å². The van der Waals surface area contributed by atoms with E-state index in [2.05, 4.69) is 17.0 Å². The average molecular weight is 246 g/mol. The molecule has 0 saturated carbocycles. The van der Waals surface area contributed by atoms with E-state index in [4.69, 9.17) is 10.5 Å². The molecule has 0 aliphatic rings. The van der Waals surface area contributed by atoms with Crippen molar-refractivity contribution in [3.63, 3.8) is 0 Å². The van der Waals surface area contributed by atoms with Gasteiger partial charge in [0, 0.05) is 12.2 Å². The molecule has 0 amide bonds. The van der Waals surface area contributed by atoms with Gasteiger partial charge in [-0.3, -0.25) is 4.98 Å². The highest BCUT2D eigenvalue weighted by atomic mass is 16.5. The second-order valence-corrected chi connectivity index (χ2v) is 4.26. The van der Waals surface area contributed by atoms with Crippen LogP contribution >= 0.6 is 0 Å². The molecule has 0 fully saturated rings. The number of hydrogen-bond acceptors (Lipinski definition) is 4. The van der Waals surface area contributed by atoms with Gasteiger partial charge >= 0.3 is 0 Å². The molecule has 0 aliphatic carbocycles. The number of nitrogens with two attached hydrogens (primary N) is 1. The van der Waals surface area contributed by atoms with Gasteiger partial charge in [-0.05, 0) is 32.4 Å². The molecule has 18 heavy (non-hydrogen) atoms. The summed E-state index contributed by atoms with van der Waals surface area (Å²) in [5.41, 5.74) is 8.31. The first-order valence-electron chi connectivity index (χ1n) is 6.05. The largest absolute Gasteiger partial charge is 0.436 e. The van der Waals surface area contributed by atoms with Crippen LogP contribution in [-0.4, -0.2) is 14.8 Å². The fourth-order valence-electron chi connectivity index (χ4n) is 1.67. The molecule has 2 N–H and O–H groups in total. The van der Waals surface area contributed by atoms with E-state index in [1.54, 1.807) is 10.9 Å². The van der Waals surface area contributed by atoms with Crippen molar-refractivity contribution in [1.82, 2.24) is 14.8 Å². The monoisotopic (exact) mass is 246 g/mol. The van der Waals surface area contributed by atoms with E-state index < -0.39 is 0 Å². The highest BCUT2D eigenvalue weighted by Gasteiger charge is 2.14. The third-order valence-corrected chi connectivity index (χ3v) is 2.66. The maximum absolute atomic E-state index is 5.98. The summed E-state index contributed by atoms with van der Waals surface area (Å²) in [5.74, 6) is 1.27. The number of aryl methyl sites for hydroxylation is 3. The summed E-state index contributed by atoms with van der Waals surface area (Å²) < 4.78 is 7.58. The van der Waals surface area contributed by atoms with E-state index in [0.717, 1.165) is 24.4 Å². The minimum Gasteiger partial charge on any atom is -0.436 e. The number of anilines is 1. The van der Waals surface area contributed by atoms with Crippen LogP contribution in [0, 0.1) is 13.8 Å². The summed E-state index contributed by atoms with van der Waals surface area (Å²) in [6.07, 6.45) is 2.66. The molecule has 0 bridgehead atoms. The zero-order valence-corrected chi connectivity index (χ0v) is 11.0. The van der Waals surface area contributed by atoms with Crippen LogP contribution in [0.15, 0.2) is 18.3 Å². The van der Waals surface area contributed by atoms with Gasteiger partial charge in [0.2, 0.25) is 5.88 Å². The number of pyridine rings is 1. The van der Waals surface area contributed by atoms with E-state index in [1.807, 2.05) is 26.0 Å². The van der Waals surface area contributed by atoms with Gasteiger partial charge in [-0.15, -0.1) is 0 Å². The Morgan fingerprint density at radius 2 is 2.11 bits per heavy atom. The fourth-order valence-corrected chi connectivity index (χ4v) is 1.67. The second kappa shape index (κ2) is 5.08. The van der Waals surface area contributed by atoms with Crippen molar-refractivity contribution in [2.45, 2.75) is 33.7 Å². The van der Waals surface area contributed by atoms with Crippen molar-refractivity contribution in [3.8, 4) is 11.6 Å². The molecule has 5 nitrogen and oxygen atoms in total. The molecular formula is C13H18N4O. The molecule has 0 aliphatic heterocycles. The quantitative estimate of drug-likeness (QED) is 0.900. The summed E-state index contributed by atoms with van der Waals surface area (Å²) in [4.78, 5) is 4.19. The highest BCUT2D eigenvalue weighted by Crippen LogP contribution is 2.29. The van der Waals surface area contributed by atoms with Crippen molar-refractivity contribution in [3.05, 3.63) is 29.7 Å². The van der Waals surface area contributed by atoms with Crippen molar-refractivity contribution < 1.29 is 4.74 Å². The Bertz CT molecular complexity index is 531. The van der Waals surface area contributed by atoms with Crippen LogP contribution in [0.3, 0.4) is 0 Å². The van der Waals surface area contributed by atoms with Crippen LogP contribution in [0.2, 0.25) is 0 Å². The van der Waals surface area contributed by atoms with Gasteiger partial charge in [-0.2, -0.15) is 5.10 Å². The molecule has 0 radical (unpaired) electrons. The highest BCUT2D eigenvalue weighted by molar-refractivity contribution is 5.53. The molecule has 0 atom stereocenters. The standard InChI is InChI=1S/C13H18N4O/c1-4-7-17-13(12(14)10(3)16-17)18-11-6-5-9(2)15-8-11/h5-6,8H,4,7,14H2,1-3H3. The van der Waals surface area contributed by atoms with E-state index in [1.165, 1.54) is 0 Å². The smallest absolute Gasteiger partial charge is 0.241 e. The van der Waals surface area contributed by atoms with Gasteiger partial charge in [-0.25, -0.2) is 4.68 Å². The summed E-state index contributed by atoms with van der Waals surface area (Å²) in [6.45, 7) is 6.68. The lowest BCUT2D eigenvalue weighted by Crippen LogP contribution is -2.02. The Balaban J connectivity index is 2.30. The van der Waals surface area contributed by atoms with Crippen molar-refractivity contribution in [2.75, 3.05) is 5.73 Å². The summed E-state index contributed by atoms with van der Waals surface area (Å²) >= 11 is 0. The maximum Gasteiger partial charge on any atom is 0.241 e. The Kier molecular flexibility index (Phi) is 3.50. The zero-order chi connectivity index (χ0) is 13.1. The predicted molar refractivity (Wildman–Crippen MR) is 70.7 cm³/mol. The van der Waals surface area contributed by atoms with E-state index in [0.29, 0.717) is 17.3 Å². The lowest BCUT2D eigenvalue weighted by Gasteiger charge is -2.08. The van der Waals surface area contributed by atoms with Crippen molar-refractivity contribution in [1.29, 1.82) is 0 Å². The number of hydrogen-bond donors (Lipinski definition) is 1. The molecule has 0 spiro atoms. The number of rotatable bonds is 4. The van der Waals surface area contributed by atoms with Crippen LogP contribution in [0.25, 0.3) is 0 Å². The number of ether oxygens (including phenoxy) is 1. The first-order chi connectivity index (χ1) is 8.61. The summed E-state index contributed by atoms with van der Waals surface area (Å²) in [5, 5.41) is 4.36. The normalized spacial score (nSPS) is 10.6. The predicted octanol–water partition coefficient (Wildman–Crippen LogP) is 2.68. The minimum absolute atomic E-state index is 0.587. The molecule has 5 heteroatoms. The molecular weight excluding hydrogens is 228 g/mol. The number of nitrogen functional groups attached to an aromatic ring is 1. The summed E-state index contributed by atoms with van der Waals surface area (Å²) in [7, 11) is 0. The lowest BCUT2D eigenvalue weighted by atomic mass is 10.3. The van der Waals surface area contributed by atoms with Gasteiger partial charge in [0.1, 0.15) is 11.4 Å². The van der Waals surface area contributed by atoms with Crippen LogP contribution in [0.1, 0.15) is 24.7 Å². The van der Waals surface area contributed by atoms with Gasteiger partial charge in [-0.1, -0.05) is 6.92 Å². The first-order valence-corrected chi connectivity index (χ1v) is 6.05. The van der Waals surface area contributed by atoms with Gasteiger partial charge in [0.05, 0.1) is 11.9 Å². The topological polar surface area (TPSA) is 66.0 Å². The minimum atomic E-state index is 0.587. The average Bonchev–Trinajstić information content (AvgIpc) is 2.60. The lowest BCUT2D eigenvalue weighted by molar-refractivity contribution is 0.409. The second-order valence-electron chi connectivity index (χ2n) is 4.26. The van der Waals surface area contributed by atoms with Crippen molar-refractivity contribution >= 4 is 5.69 Å². The molecule has 2 rings (SSSR count). The van der Waals surface area contributed by atoms with Crippen LogP contribution in [0.5, 0.6) is 11.6 Å². The maximum atomic E-state index is 5.98. The van der Waals surface area contributed by atoms with E-state index >= 15 is 0 Å². The van der Waals surface area contributed by atoms with Gasteiger partial charge in [0.25, 0.3) is 0 Å². The summed E-state index contributed by atoms with van der Waals surface area (Å²) in [6, 6.07) is 3.78. The third-order valence-electron chi connectivity index (χ3n) is 2.66. The molecule has 0 aromatic carbocycles.